The van der Waals surface area contributed by atoms with Gasteiger partial charge in [0.1, 0.15) is 23.7 Å². The van der Waals surface area contributed by atoms with Gasteiger partial charge in [-0.1, -0.05) is 0 Å². The van der Waals surface area contributed by atoms with E-state index in [1.165, 1.54) is 0 Å². The van der Waals surface area contributed by atoms with Gasteiger partial charge in [-0.2, -0.15) is 0 Å². The molecule has 3 rings (SSSR count). The van der Waals surface area contributed by atoms with Crippen LogP contribution in [0.1, 0.15) is 19.6 Å². The molecule has 2 N–H and O–H groups in total. The van der Waals surface area contributed by atoms with Crippen molar-refractivity contribution >= 4 is 22.7 Å². The van der Waals surface area contributed by atoms with E-state index in [0.717, 1.165) is 33.1 Å². The summed E-state index contributed by atoms with van der Waals surface area (Å²) in [5.41, 5.74) is 1.26. The predicted octanol–water partition coefficient (Wildman–Crippen LogP) is 3.10. The summed E-state index contributed by atoms with van der Waals surface area (Å²) in [6, 6.07) is 7.79. The molecule has 0 amide bonds. The summed E-state index contributed by atoms with van der Waals surface area (Å²) >= 11 is 1.68. The number of benzene rings is 1. The molecule has 1 aliphatic rings. The zero-order valence-electron chi connectivity index (χ0n) is 14.2. The molecular formula is C18H23NO4S. The summed E-state index contributed by atoms with van der Waals surface area (Å²) in [6.07, 6.45) is 0. The van der Waals surface area contributed by atoms with Crippen LogP contribution in [0.25, 0.3) is 11.0 Å². The predicted molar refractivity (Wildman–Crippen MR) is 96.0 cm³/mol. The van der Waals surface area contributed by atoms with Crippen LogP contribution in [-0.2, 0) is 0 Å². The highest BCUT2D eigenvalue weighted by Crippen LogP contribution is 2.37. The van der Waals surface area contributed by atoms with E-state index in [0.29, 0.717) is 12.5 Å². The molecule has 130 valence electrons. The lowest BCUT2D eigenvalue weighted by atomic mass is 10.0. The van der Waals surface area contributed by atoms with Gasteiger partial charge in [-0.15, -0.1) is 11.8 Å². The molecule has 5 nitrogen and oxygen atoms in total. The maximum absolute atomic E-state index is 9.59. The molecule has 0 saturated carbocycles. The first-order valence-corrected chi connectivity index (χ1v) is 8.90. The lowest BCUT2D eigenvalue weighted by molar-refractivity contribution is 0.0328. The Kier molecular flexibility index (Phi) is 4.80. The molecule has 0 aliphatic carbocycles. The molecule has 2 aromatic rings. The van der Waals surface area contributed by atoms with E-state index in [-0.39, 0.29) is 13.2 Å². The molecular weight excluding hydrogens is 326 g/mol. The largest absolute Gasteiger partial charge is 0.488 e. The van der Waals surface area contributed by atoms with E-state index in [2.05, 4.69) is 0 Å². The Morgan fingerprint density at radius 3 is 2.71 bits per heavy atom. The average molecular weight is 349 g/mol. The number of ether oxygens (including phenoxy) is 1. The van der Waals surface area contributed by atoms with Crippen LogP contribution in [-0.4, -0.2) is 46.3 Å². The van der Waals surface area contributed by atoms with E-state index >= 15 is 0 Å². The second-order valence-electron chi connectivity index (χ2n) is 6.37. The number of hydrogen-bond donors (Lipinski definition) is 2. The lowest BCUT2D eigenvalue weighted by Gasteiger charge is -2.37. The standard InChI is InChI=1S/C18H23NO4S/c1-12-6-14-7-15(4-5-16(14)23-12)22-8-17-13(2)19(11-24-17)18(3,9-20)10-21/h4-7,20-21H,8-11H2,1-3H3. The van der Waals surface area contributed by atoms with Crippen LogP contribution in [0.15, 0.2) is 39.3 Å². The van der Waals surface area contributed by atoms with Gasteiger partial charge in [0, 0.05) is 16.0 Å². The third-order valence-corrected chi connectivity index (χ3v) is 5.64. The van der Waals surface area contributed by atoms with E-state index in [9.17, 15) is 10.2 Å². The number of aryl methyl sites for hydroxylation is 1. The average Bonchev–Trinajstić information content (AvgIpc) is 3.13. The minimum absolute atomic E-state index is 0.0912. The van der Waals surface area contributed by atoms with Crippen LogP contribution >= 0.6 is 11.8 Å². The smallest absolute Gasteiger partial charge is 0.134 e. The monoisotopic (exact) mass is 349 g/mol. The highest BCUT2D eigenvalue weighted by atomic mass is 32.2. The first-order valence-electron chi connectivity index (χ1n) is 7.92. The lowest BCUT2D eigenvalue weighted by Crippen LogP contribution is -2.49. The van der Waals surface area contributed by atoms with E-state index in [1.54, 1.807) is 11.8 Å². The summed E-state index contributed by atoms with van der Waals surface area (Å²) < 4.78 is 11.5. The number of fused-ring (bicyclic) bond motifs is 1. The second kappa shape index (κ2) is 6.70. The minimum atomic E-state index is -0.647. The first-order chi connectivity index (χ1) is 11.5. The molecule has 0 spiro atoms. The van der Waals surface area contributed by atoms with Gasteiger partial charge in [-0.25, -0.2) is 0 Å². The van der Waals surface area contributed by atoms with Gasteiger partial charge in [0.25, 0.3) is 0 Å². The molecule has 6 heteroatoms. The fraction of sp³-hybridized carbons (Fsp3) is 0.444. The number of thioether (sulfide) groups is 1. The van der Waals surface area contributed by atoms with Gasteiger partial charge < -0.3 is 24.3 Å². The molecule has 1 aromatic heterocycles. The third kappa shape index (κ3) is 3.14. The van der Waals surface area contributed by atoms with Crippen LogP contribution in [0.2, 0.25) is 0 Å². The topological polar surface area (TPSA) is 66.1 Å². The molecule has 1 aliphatic heterocycles. The van der Waals surface area contributed by atoms with Crippen molar-refractivity contribution < 1.29 is 19.4 Å². The Morgan fingerprint density at radius 2 is 2.00 bits per heavy atom. The number of aliphatic hydroxyl groups is 2. The summed E-state index contributed by atoms with van der Waals surface area (Å²) in [5.74, 6) is 2.40. The van der Waals surface area contributed by atoms with E-state index in [1.807, 2.05) is 49.9 Å². The number of rotatable bonds is 6. The Morgan fingerprint density at radius 1 is 1.25 bits per heavy atom. The normalized spacial score (nSPS) is 15.6. The zero-order chi connectivity index (χ0) is 17.3. The molecule has 0 saturated heterocycles. The maximum atomic E-state index is 9.59. The Hall–Kier alpha value is -1.63. The summed E-state index contributed by atoms with van der Waals surface area (Å²) in [5, 5.41) is 20.2. The number of aliphatic hydroxyl groups excluding tert-OH is 2. The summed E-state index contributed by atoms with van der Waals surface area (Å²) in [7, 11) is 0. The van der Waals surface area contributed by atoms with Crippen LogP contribution in [0.3, 0.4) is 0 Å². The van der Waals surface area contributed by atoms with Crippen LogP contribution in [0.5, 0.6) is 5.75 Å². The van der Waals surface area contributed by atoms with E-state index in [4.69, 9.17) is 9.15 Å². The van der Waals surface area contributed by atoms with Crippen molar-refractivity contribution in [2.45, 2.75) is 26.3 Å². The van der Waals surface area contributed by atoms with Crippen molar-refractivity contribution in [1.29, 1.82) is 0 Å². The van der Waals surface area contributed by atoms with Crippen LogP contribution in [0, 0.1) is 6.92 Å². The van der Waals surface area contributed by atoms with Crippen LogP contribution < -0.4 is 4.74 Å². The third-order valence-electron chi connectivity index (χ3n) is 4.49. The molecule has 0 bridgehead atoms. The number of hydrogen-bond acceptors (Lipinski definition) is 6. The number of allylic oxidation sites excluding steroid dienone is 1. The summed E-state index contributed by atoms with van der Waals surface area (Å²) in [6.45, 7) is 6.08. The molecule has 24 heavy (non-hydrogen) atoms. The maximum Gasteiger partial charge on any atom is 0.134 e. The van der Waals surface area contributed by atoms with Crippen molar-refractivity contribution in [2.75, 3.05) is 25.7 Å². The molecule has 0 atom stereocenters. The molecule has 1 aromatic carbocycles. The van der Waals surface area contributed by atoms with Crippen molar-refractivity contribution in [1.82, 2.24) is 4.90 Å². The number of nitrogens with zero attached hydrogens (tertiary/aromatic N) is 1. The SMILES string of the molecule is CC1=C(COc2ccc3oc(C)cc3c2)SCN1C(C)(CO)CO. The summed E-state index contributed by atoms with van der Waals surface area (Å²) in [4.78, 5) is 3.16. The molecule has 2 heterocycles. The molecule has 0 radical (unpaired) electrons. The molecule has 0 unspecified atom stereocenters. The van der Waals surface area contributed by atoms with Gasteiger partial charge in [-0.3, -0.25) is 0 Å². The van der Waals surface area contributed by atoms with E-state index < -0.39 is 5.54 Å². The highest BCUT2D eigenvalue weighted by Gasteiger charge is 2.35. The van der Waals surface area contributed by atoms with Gasteiger partial charge in [0.15, 0.2) is 0 Å². The van der Waals surface area contributed by atoms with Crippen LogP contribution in [0.4, 0.5) is 0 Å². The second-order valence-corrected chi connectivity index (χ2v) is 7.41. The van der Waals surface area contributed by atoms with Gasteiger partial charge >= 0.3 is 0 Å². The van der Waals surface area contributed by atoms with Crippen molar-refractivity contribution in [3.05, 3.63) is 40.6 Å². The Labute approximate surface area is 145 Å². The highest BCUT2D eigenvalue weighted by molar-refractivity contribution is 8.03. The minimum Gasteiger partial charge on any atom is -0.488 e. The fourth-order valence-corrected chi connectivity index (χ4v) is 4.07. The van der Waals surface area contributed by atoms with Crippen molar-refractivity contribution in [3.63, 3.8) is 0 Å². The molecule has 0 fully saturated rings. The quantitative estimate of drug-likeness (QED) is 0.835. The van der Waals surface area contributed by atoms with Crippen molar-refractivity contribution in [2.24, 2.45) is 0 Å². The van der Waals surface area contributed by atoms with Gasteiger partial charge in [0.05, 0.1) is 24.6 Å². The van der Waals surface area contributed by atoms with Gasteiger partial charge in [0.2, 0.25) is 0 Å². The Balaban J connectivity index is 1.72. The number of furan rings is 1. The zero-order valence-corrected chi connectivity index (χ0v) is 15.0. The fourth-order valence-electron chi connectivity index (χ4n) is 2.81. The van der Waals surface area contributed by atoms with Crippen molar-refractivity contribution in [3.8, 4) is 5.75 Å². The van der Waals surface area contributed by atoms with Gasteiger partial charge in [-0.05, 0) is 45.0 Å². The first kappa shape index (κ1) is 17.2. The Bertz CT molecular complexity index is 763.